The number of hydrogen-bond acceptors (Lipinski definition) is 4. The fourth-order valence-electron chi connectivity index (χ4n) is 3.28. The lowest BCUT2D eigenvalue weighted by Gasteiger charge is -2.09. The van der Waals surface area contributed by atoms with Gasteiger partial charge in [-0.2, -0.15) is 0 Å². The number of benzene rings is 2. The quantitative estimate of drug-likeness (QED) is 0.528. The first-order chi connectivity index (χ1) is 13.6. The first-order valence-corrected chi connectivity index (χ1v) is 9.78. The molecule has 28 heavy (non-hydrogen) atoms. The molecule has 0 amide bonds. The lowest BCUT2D eigenvalue weighted by molar-refractivity contribution is 0.283. The van der Waals surface area contributed by atoms with Crippen molar-refractivity contribution in [3.05, 3.63) is 64.1 Å². The summed E-state index contributed by atoms with van der Waals surface area (Å²) < 4.78 is 9.21. The van der Waals surface area contributed by atoms with Crippen LogP contribution in [0.15, 0.2) is 47.3 Å². The van der Waals surface area contributed by atoms with E-state index in [1.165, 1.54) is 5.56 Å². The van der Waals surface area contributed by atoms with Crippen molar-refractivity contribution in [1.29, 1.82) is 0 Å². The van der Waals surface area contributed by atoms with Crippen LogP contribution < -0.4 is 15.7 Å². The number of fused-ring (bicyclic) bond motifs is 1. The monoisotopic (exact) mass is 383 g/mol. The summed E-state index contributed by atoms with van der Waals surface area (Å²) in [6, 6.07) is 14.1. The van der Waals surface area contributed by atoms with Gasteiger partial charge in [-0.15, -0.1) is 0 Å². The SMILES string of the molecule is Cn1c(=O)n(C)c2cc(COc3ccc(CNCCCCCO)cc3)ccc21. The molecule has 0 saturated heterocycles. The fraction of sp³-hybridized carbons (Fsp3) is 0.409. The third-order valence-corrected chi connectivity index (χ3v) is 5.01. The van der Waals surface area contributed by atoms with E-state index in [9.17, 15) is 4.79 Å². The van der Waals surface area contributed by atoms with Crippen molar-refractivity contribution in [3.63, 3.8) is 0 Å². The predicted octanol–water partition coefficient (Wildman–Crippen LogP) is 2.71. The van der Waals surface area contributed by atoms with Gasteiger partial charge in [0.05, 0.1) is 11.0 Å². The number of nitrogens with one attached hydrogen (secondary N) is 1. The second-order valence-electron chi connectivity index (χ2n) is 7.12. The molecular formula is C22H29N3O3. The van der Waals surface area contributed by atoms with Crippen molar-refractivity contribution >= 4 is 11.0 Å². The van der Waals surface area contributed by atoms with Crippen LogP contribution in [0.3, 0.4) is 0 Å². The van der Waals surface area contributed by atoms with Gasteiger partial charge in [-0.3, -0.25) is 9.13 Å². The summed E-state index contributed by atoms with van der Waals surface area (Å²) in [6.07, 6.45) is 3.01. The molecule has 0 unspecified atom stereocenters. The van der Waals surface area contributed by atoms with Crippen molar-refractivity contribution in [2.45, 2.75) is 32.4 Å². The van der Waals surface area contributed by atoms with Crippen LogP contribution in [0.1, 0.15) is 30.4 Å². The zero-order chi connectivity index (χ0) is 19.9. The number of imidazole rings is 1. The average Bonchev–Trinajstić information content (AvgIpc) is 2.94. The number of hydrogen-bond donors (Lipinski definition) is 2. The Morgan fingerprint density at radius 2 is 1.64 bits per heavy atom. The summed E-state index contributed by atoms with van der Waals surface area (Å²) in [4.78, 5) is 12.0. The van der Waals surface area contributed by atoms with Gasteiger partial charge in [-0.05, 0) is 61.2 Å². The number of unbranched alkanes of at least 4 members (excludes halogenated alkanes) is 2. The van der Waals surface area contributed by atoms with Crippen LogP contribution in [-0.2, 0) is 27.2 Å². The largest absolute Gasteiger partial charge is 0.489 e. The van der Waals surface area contributed by atoms with Crippen LogP contribution in [0, 0.1) is 0 Å². The summed E-state index contributed by atoms with van der Waals surface area (Å²) in [6.45, 7) is 2.53. The van der Waals surface area contributed by atoms with Crippen molar-refractivity contribution in [3.8, 4) is 5.75 Å². The van der Waals surface area contributed by atoms with Gasteiger partial charge in [0.1, 0.15) is 12.4 Å². The summed E-state index contributed by atoms with van der Waals surface area (Å²) in [5.41, 5.74) is 4.06. The molecule has 1 heterocycles. The highest BCUT2D eigenvalue weighted by Crippen LogP contribution is 2.17. The van der Waals surface area contributed by atoms with Crippen LogP contribution in [0.2, 0.25) is 0 Å². The van der Waals surface area contributed by atoms with Crippen molar-refractivity contribution in [2.24, 2.45) is 14.1 Å². The highest BCUT2D eigenvalue weighted by Gasteiger charge is 2.08. The zero-order valence-corrected chi connectivity index (χ0v) is 16.6. The standard InChI is InChI=1S/C22H29N3O3/c1-24-20-11-8-18(14-21(20)25(2)22(24)27)16-28-19-9-6-17(7-10-19)15-23-12-4-3-5-13-26/h6-11,14,23,26H,3-5,12-13,15-16H2,1-2H3. The minimum absolute atomic E-state index is 0.0225. The molecule has 6 heteroatoms. The van der Waals surface area contributed by atoms with Gasteiger partial charge in [-0.1, -0.05) is 18.2 Å². The molecule has 0 radical (unpaired) electrons. The molecule has 0 atom stereocenters. The normalized spacial score (nSPS) is 11.2. The number of aromatic nitrogens is 2. The van der Waals surface area contributed by atoms with Gasteiger partial charge in [0, 0.05) is 27.2 Å². The van der Waals surface area contributed by atoms with Gasteiger partial charge in [0.2, 0.25) is 0 Å². The smallest absolute Gasteiger partial charge is 0.328 e. The molecule has 0 aliphatic heterocycles. The van der Waals surface area contributed by atoms with Gasteiger partial charge in [0.25, 0.3) is 0 Å². The van der Waals surface area contributed by atoms with Gasteiger partial charge in [-0.25, -0.2) is 4.79 Å². The maximum absolute atomic E-state index is 12.0. The summed E-state index contributed by atoms with van der Waals surface area (Å²) in [5.74, 6) is 0.828. The van der Waals surface area contributed by atoms with Gasteiger partial charge < -0.3 is 15.2 Å². The minimum atomic E-state index is -0.0225. The second kappa shape index (κ2) is 9.57. The van der Waals surface area contributed by atoms with Crippen molar-refractivity contribution in [1.82, 2.24) is 14.5 Å². The molecule has 0 aliphatic carbocycles. The molecular weight excluding hydrogens is 354 g/mol. The highest BCUT2D eigenvalue weighted by atomic mass is 16.5. The van der Waals surface area contributed by atoms with Crippen LogP contribution >= 0.6 is 0 Å². The Hall–Kier alpha value is -2.57. The maximum atomic E-state index is 12.0. The fourth-order valence-corrected chi connectivity index (χ4v) is 3.28. The van der Waals surface area contributed by atoms with E-state index in [2.05, 4.69) is 17.4 Å². The number of rotatable bonds is 10. The number of nitrogens with zero attached hydrogens (tertiary/aromatic N) is 2. The van der Waals surface area contributed by atoms with E-state index in [0.717, 1.165) is 54.7 Å². The molecule has 1 aromatic heterocycles. The Bertz CT molecular complexity index is 958. The molecule has 0 aliphatic rings. The molecule has 6 nitrogen and oxygen atoms in total. The average molecular weight is 383 g/mol. The van der Waals surface area contributed by atoms with E-state index in [4.69, 9.17) is 9.84 Å². The van der Waals surface area contributed by atoms with E-state index < -0.39 is 0 Å². The molecule has 2 N–H and O–H groups in total. The van der Waals surface area contributed by atoms with Crippen LogP contribution in [0.5, 0.6) is 5.75 Å². The number of aryl methyl sites for hydroxylation is 2. The molecule has 2 aromatic carbocycles. The maximum Gasteiger partial charge on any atom is 0.328 e. The van der Waals surface area contributed by atoms with Gasteiger partial charge in [0.15, 0.2) is 0 Å². The summed E-state index contributed by atoms with van der Waals surface area (Å²) in [5, 5.41) is 12.2. The van der Waals surface area contributed by atoms with Crippen LogP contribution in [0.4, 0.5) is 0 Å². The summed E-state index contributed by atoms with van der Waals surface area (Å²) in [7, 11) is 3.57. The Morgan fingerprint density at radius 1 is 0.929 bits per heavy atom. The van der Waals surface area contributed by atoms with Crippen molar-refractivity contribution < 1.29 is 9.84 Å². The molecule has 0 bridgehead atoms. The highest BCUT2D eigenvalue weighted by molar-refractivity contribution is 5.76. The minimum Gasteiger partial charge on any atom is -0.489 e. The molecule has 3 rings (SSSR count). The van der Waals surface area contributed by atoms with Crippen molar-refractivity contribution in [2.75, 3.05) is 13.2 Å². The molecule has 0 fully saturated rings. The predicted molar refractivity (Wildman–Crippen MR) is 112 cm³/mol. The molecule has 0 saturated carbocycles. The second-order valence-corrected chi connectivity index (χ2v) is 7.12. The molecule has 150 valence electrons. The van der Waals surface area contributed by atoms with E-state index in [-0.39, 0.29) is 12.3 Å². The first kappa shape index (κ1) is 20.2. The van der Waals surface area contributed by atoms with Gasteiger partial charge >= 0.3 is 5.69 Å². The van der Waals surface area contributed by atoms with Crippen LogP contribution in [-0.4, -0.2) is 27.4 Å². The lowest BCUT2D eigenvalue weighted by atomic mass is 10.2. The first-order valence-electron chi connectivity index (χ1n) is 9.78. The Morgan fingerprint density at radius 3 is 2.39 bits per heavy atom. The Kier molecular flexibility index (Phi) is 6.90. The summed E-state index contributed by atoms with van der Waals surface area (Å²) >= 11 is 0. The van der Waals surface area contributed by atoms with E-state index >= 15 is 0 Å². The number of aliphatic hydroxyl groups excluding tert-OH is 1. The number of ether oxygens (including phenoxy) is 1. The van der Waals surface area contributed by atoms with E-state index in [1.807, 2.05) is 30.3 Å². The Balaban J connectivity index is 1.51. The number of aliphatic hydroxyl groups is 1. The Labute approximate surface area is 165 Å². The topological polar surface area (TPSA) is 68.4 Å². The van der Waals surface area contributed by atoms with E-state index in [1.54, 1.807) is 23.2 Å². The zero-order valence-electron chi connectivity index (χ0n) is 16.6. The third-order valence-electron chi connectivity index (χ3n) is 5.01. The third kappa shape index (κ3) is 4.82. The molecule has 3 aromatic rings. The van der Waals surface area contributed by atoms with E-state index in [0.29, 0.717) is 6.61 Å². The lowest BCUT2D eigenvalue weighted by Crippen LogP contribution is -2.19. The van der Waals surface area contributed by atoms with Crippen LogP contribution in [0.25, 0.3) is 11.0 Å². The molecule has 0 spiro atoms.